The summed E-state index contributed by atoms with van der Waals surface area (Å²) in [6, 6.07) is 3.33. The highest BCUT2D eigenvalue weighted by molar-refractivity contribution is 5.85. The maximum Gasteiger partial charge on any atom is 0.225 e. The molecular weight excluding hydrogens is 326 g/mol. The molecule has 0 radical (unpaired) electrons. The normalized spacial score (nSPS) is 23.7. The third kappa shape index (κ3) is 5.32. The van der Waals surface area contributed by atoms with E-state index in [4.69, 9.17) is 10.5 Å². The van der Waals surface area contributed by atoms with E-state index in [-0.39, 0.29) is 36.6 Å². The number of rotatable bonds is 5. The molecule has 23 heavy (non-hydrogen) atoms. The lowest BCUT2D eigenvalue weighted by Crippen LogP contribution is -2.53. The Morgan fingerprint density at radius 1 is 1.39 bits per heavy atom. The number of carbonyl (C=O) groups excluding carboxylic acids is 1. The van der Waals surface area contributed by atoms with E-state index >= 15 is 0 Å². The zero-order chi connectivity index (χ0) is 16.2. The molecule has 1 saturated carbocycles. The maximum absolute atomic E-state index is 13.0. The number of nitrogens with one attached hydrogen (secondary N) is 1. The number of hydrogen-bond acceptors (Lipinski definition) is 3. The number of amides is 1. The second-order valence-electron chi connectivity index (χ2n) is 6.02. The number of nitrogens with two attached hydrogens (primary N) is 1. The van der Waals surface area contributed by atoms with Crippen LogP contribution in [0.1, 0.15) is 32.6 Å². The number of benzene rings is 1. The van der Waals surface area contributed by atoms with E-state index in [2.05, 4.69) is 5.32 Å². The highest BCUT2D eigenvalue weighted by Crippen LogP contribution is 2.31. The molecule has 1 aliphatic carbocycles. The largest absolute Gasteiger partial charge is 0.492 e. The fourth-order valence-electron chi connectivity index (χ4n) is 2.82. The molecule has 0 heterocycles. The molecule has 3 N–H and O–H groups in total. The second-order valence-corrected chi connectivity index (χ2v) is 6.02. The van der Waals surface area contributed by atoms with Gasteiger partial charge in [0.2, 0.25) is 5.91 Å². The molecule has 0 spiro atoms. The van der Waals surface area contributed by atoms with Crippen LogP contribution in [-0.4, -0.2) is 24.6 Å². The summed E-state index contributed by atoms with van der Waals surface area (Å²) in [5.74, 6) is -1.90. The summed E-state index contributed by atoms with van der Waals surface area (Å²) >= 11 is 0. The van der Waals surface area contributed by atoms with Gasteiger partial charge in [0.25, 0.3) is 0 Å². The number of carbonyl (C=O) groups is 1. The summed E-state index contributed by atoms with van der Waals surface area (Å²) in [5.41, 5.74) is 5.71. The van der Waals surface area contributed by atoms with E-state index in [0.717, 1.165) is 37.8 Å². The number of ether oxygens (including phenoxy) is 1. The summed E-state index contributed by atoms with van der Waals surface area (Å²) in [5, 5.41) is 2.79. The maximum atomic E-state index is 13.0. The van der Waals surface area contributed by atoms with Gasteiger partial charge in [-0.1, -0.05) is 12.8 Å². The standard InChI is InChI=1S/C16H22F2N2O2.ClH/c1-16(19)7-3-2-4-12(16)15(21)20-8-9-22-11-5-6-13(17)14(18)10-11;/h5-6,10,12H,2-4,7-9,19H2,1H3,(H,20,21);1H. The molecule has 1 aromatic carbocycles. The Morgan fingerprint density at radius 3 is 2.78 bits per heavy atom. The van der Waals surface area contributed by atoms with Crippen molar-refractivity contribution >= 4 is 18.3 Å². The SMILES string of the molecule is CC1(N)CCCCC1C(=O)NCCOc1ccc(F)c(F)c1.Cl. The van der Waals surface area contributed by atoms with Crippen molar-refractivity contribution in [2.75, 3.05) is 13.2 Å². The lowest BCUT2D eigenvalue weighted by Gasteiger charge is -2.37. The second kappa shape index (κ2) is 8.45. The number of hydrogen-bond donors (Lipinski definition) is 2. The minimum atomic E-state index is -0.956. The monoisotopic (exact) mass is 348 g/mol. The third-order valence-corrected chi connectivity index (χ3v) is 4.13. The van der Waals surface area contributed by atoms with Gasteiger partial charge in [0.15, 0.2) is 11.6 Å². The Morgan fingerprint density at radius 2 is 2.13 bits per heavy atom. The average molecular weight is 349 g/mol. The Hall–Kier alpha value is -1.40. The van der Waals surface area contributed by atoms with Crippen molar-refractivity contribution in [3.05, 3.63) is 29.8 Å². The fourth-order valence-corrected chi connectivity index (χ4v) is 2.82. The van der Waals surface area contributed by atoms with Gasteiger partial charge in [0, 0.05) is 11.6 Å². The Labute approximate surface area is 141 Å². The van der Waals surface area contributed by atoms with Gasteiger partial charge in [-0.15, -0.1) is 12.4 Å². The molecule has 1 amide bonds. The average Bonchev–Trinajstić information content (AvgIpc) is 2.46. The molecular formula is C16H23ClF2N2O2. The summed E-state index contributed by atoms with van der Waals surface area (Å²) in [4.78, 5) is 12.2. The molecule has 0 aliphatic heterocycles. The van der Waals surface area contributed by atoms with Crippen molar-refractivity contribution in [1.29, 1.82) is 0 Å². The fraction of sp³-hybridized carbons (Fsp3) is 0.562. The van der Waals surface area contributed by atoms with Crippen molar-refractivity contribution in [1.82, 2.24) is 5.32 Å². The minimum absolute atomic E-state index is 0. The molecule has 2 atom stereocenters. The molecule has 7 heteroatoms. The lowest BCUT2D eigenvalue weighted by molar-refractivity contribution is -0.128. The van der Waals surface area contributed by atoms with E-state index in [1.807, 2.05) is 6.92 Å². The van der Waals surface area contributed by atoms with Crippen LogP contribution >= 0.6 is 12.4 Å². The predicted molar refractivity (Wildman–Crippen MR) is 86.7 cm³/mol. The molecule has 1 aliphatic rings. The number of halogens is 3. The first-order chi connectivity index (χ1) is 10.4. The van der Waals surface area contributed by atoms with Gasteiger partial charge >= 0.3 is 0 Å². The summed E-state index contributed by atoms with van der Waals surface area (Å²) in [7, 11) is 0. The van der Waals surface area contributed by atoms with Gasteiger partial charge in [-0.3, -0.25) is 4.79 Å². The molecule has 1 fully saturated rings. The molecule has 130 valence electrons. The topological polar surface area (TPSA) is 64.4 Å². The van der Waals surface area contributed by atoms with Gasteiger partial charge < -0.3 is 15.8 Å². The Kier molecular flexibility index (Phi) is 7.22. The molecule has 0 aromatic heterocycles. The van der Waals surface area contributed by atoms with E-state index < -0.39 is 17.2 Å². The van der Waals surface area contributed by atoms with Crippen molar-refractivity contribution in [2.45, 2.75) is 38.1 Å². The highest BCUT2D eigenvalue weighted by Gasteiger charge is 2.37. The molecule has 0 saturated heterocycles. The first-order valence-electron chi connectivity index (χ1n) is 7.54. The van der Waals surface area contributed by atoms with Crippen molar-refractivity contribution in [2.24, 2.45) is 11.7 Å². The third-order valence-electron chi connectivity index (χ3n) is 4.13. The zero-order valence-electron chi connectivity index (χ0n) is 13.1. The predicted octanol–water partition coefficient (Wildman–Crippen LogP) is 2.79. The quantitative estimate of drug-likeness (QED) is 0.804. The molecule has 4 nitrogen and oxygen atoms in total. The summed E-state index contributed by atoms with van der Waals surface area (Å²) in [6.45, 7) is 2.39. The molecule has 2 unspecified atom stereocenters. The Balaban J connectivity index is 0.00000264. The van der Waals surface area contributed by atoms with Gasteiger partial charge in [0.1, 0.15) is 12.4 Å². The van der Waals surface area contributed by atoms with Crippen molar-refractivity contribution < 1.29 is 18.3 Å². The Bertz CT molecular complexity index is 541. The van der Waals surface area contributed by atoms with Gasteiger partial charge in [-0.2, -0.15) is 0 Å². The van der Waals surface area contributed by atoms with Crippen molar-refractivity contribution in [3.8, 4) is 5.75 Å². The molecule has 2 rings (SSSR count). The van der Waals surface area contributed by atoms with Crippen LogP contribution in [0.25, 0.3) is 0 Å². The smallest absolute Gasteiger partial charge is 0.225 e. The zero-order valence-corrected chi connectivity index (χ0v) is 13.9. The van der Waals surface area contributed by atoms with Crippen LogP contribution in [0.2, 0.25) is 0 Å². The van der Waals surface area contributed by atoms with E-state index in [1.165, 1.54) is 6.07 Å². The van der Waals surface area contributed by atoms with Gasteiger partial charge in [0.05, 0.1) is 12.5 Å². The minimum Gasteiger partial charge on any atom is -0.492 e. The van der Waals surface area contributed by atoms with Crippen LogP contribution in [0.4, 0.5) is 8.78 Å². The van der Waals surface area contributed by atoms with Gasteiger partial charge in [-0.25, -0.2) is 8.78 Å². The molecule has 0 bridgehead atoms. The van der Waals surface area contributed by atoms with E-state index in [0.29, 0.717) is 6.54 Å². The van der Waals surface area contributed by atoms with E-state index in [9.17, 15) is 13.6 Å². The molecule has 1 aromatic rings. The van der Waals surface area contributed by atoms with Crippen LogP contribution in [0, 0.1) is 17.6 Å². The van der Waals surface area contributed by atoms with Gasteiger partial charge in [-0.05, 0) is 31.9 Å². The summed E-state index contributed by atoms with van der Waals surface area (Å²) < 4.78 is 31.1. The van der Waals surface area contributed by atoms with Crippen molar-refractivity contribution in [3.63, 3.8) is 0 Å². The van der Waals surface area contributed by atoms with E-state index in [1.54, 1.807) is 0 Å². The van der Waals surface area contributed by atoms with Crippen LogP contribution < -0.4 is 15.8 Å². The lowest BCUT2D eigenvalue weighted by atomic mass is 9.74. The first kappa shape index (κ1) is 19.6. The van der Waals surface area contributed by atoms with Crippen LogP contribution in [0.3, 0.4) is 0 Å². The summed E-state index contributed by atoms with van der Waals surface area (Å²) in [6.07, 6.45) is 3.70. The van der Waals surface area contributed by atoms with Crippen LogP contribution in [0.5, 0.6) is 5.75 Å². The highest BCUT2D eigenvalue weighted by atomic mass is 35.5. The van der Waals surface area contributed by atoms with Crippen LogP contribution in [-0.2, 0) is 4.79 Å². The first-order valence-corrected chi connectivity index (χ1v) is 7.54. The van der Waals surface area contributed by atoms with Crippen LogP contribution in [0.15, 0.2) is 18.2 Å².